The van der Waals surface area contributed by atoms with Crippen LogP contribution in [0.25, 0.3) is 10.9 Å². The molecule has 0 aliphatic rings. The van der Waals surface area contributed by atoms with Crippen molar-refractivity contribution in [1.82, 2.24) is 15.3 Å². The van der Waals surface area contributed by atoms with Crippen LogP contribution in [0.3, 0.4) is 0 Å². The third-order valence-electron chi connectivity index (χ3n) is 3.36. The molecule has 1 aromatic carbocycles. The van der Waals surface area contributed by atoms with Crippen LogP contribution in [0.4, 0.5) is 5.69 Å². The number of para-hydroxylation sites is 1. The Kier molecular flexibility index (Phi) is 3.57. The molecule has 0 spiro atoms. The SMILES string of the molecule is Nc1c(C(=O)NCc2cccnc2)c(=O)[nH]c2ccccc12. The van der Waals surface area contributed by atoms with E-state index in [2.05, 4.69) is 15.3 Å². The summed E-state index contributed by atoms with van der Waals surface area (Å²) in [4.78, 5) is 31.0. The number of benzene rings is 1. The molecule has 0 radical (unpaired) electrons. The van der Waals surface area contributed by atoms with Gasteiger partial charge in [-0.2, -0.15) is 0 Å². The first-order valence-electron chi connectivity index (χ1n) is 6.74. The topological polar surface area (TPSA) is 101 Å². The average Bonchev–Trinajstić information content (AvgIpc) is 2.54. The van der Waals surface area contributed by atoms with Crippen molar-refractivity contribution in [3.05, 3.63) is 70.3 Å². The quantitative estimate of drug-likeness (QED) is 0.680. The molecule has 6 heteroatoms. The summed E-state index contributed by atoms with van der Waals surface area (Å²) in [7, 11) is 0. The molecule has 3 rings (SSSR count). The van der Waals surface area contributed by atoms with Crippen molar-refractivity contribution in [3.8, 4) is 0 Å². The third kappa shape index (κ3) is 2.54. The maximum atomic E-state index is 12.3. The van der Waals surface area contributed by atoms with E-state index in [4.69, 9.17) is 5.73 Å². The number of carbonyl (C=O) groups is 1. The minimum absolute atomic E-state index is 0.0670. The highest BCUT2D eigenvalue weighted by molar-refractivity contribution is 6.06. The number of hydrogen-bond donors (Lipinski definition) is 3. The van der Waals surface area contributed by atoms with E-state index in [0.717, 1.165) is 5.56 Å². The van der Waals surface area contributed by atoms with Gasteiger partial charge in [0.15, 0.2) is 0 Å². The number of anilines is 1. The van der Waals surface area contributed by atoms with Gasteiger partial charge in [-0.15, -0.1) is 0 Å². The van der Waals surface area contributed by atoms with Gasteiger partial charge in [0, 0.05) is 24.3 Å². The molecule has 0 atom stereocenters. The summed E-state index contributed by atoms with van der Waals surface area (Å²) in [5.41, 5.74) is 7.06. The molecule has 0 aliphatic carbocycles. The van der Waals surface area contributed by atoms with Gasteiger partial charge in [0.25, 0.3) is 11.5 Å². The summed E-state index contributed by atoms with van der Waals surface area (Å²) in [6, 6.07) is 10.7. The lowest BCUT2D eigenvalue weighted by Gasteiger charge is -2.09. The number of aromatic nitrogens is 2. The van der Waals surface area contributed by atoms with Crippen LogP contribution in [-0.2, 0) is 6.54 Å². The monoisotopic (exact) mass is 294 g/mol. The van der Waals surface area contributed by atoms with E-state index in [1.165, 1.54) is 0 Å². The van der Waals surface area contributed by atoms with E-state index in [-0.39, 0.29) is 17.8 Å². The summed E-state index contributed by atoms with van der Waals surface area (Å²) >= 11 is 0. The maximum Gasteiger partial charge on any atom is 0.263 e. The first kappa shape index (κ1) is 13.8. The Morgan fingerprint density at radius 3 is 2.82 bits per heavy atom. The molecule has 22 heavy (non-hydrogen) atoms. The van der Waals surface area contributed by atoms with E-state index in [1.54, 1.807) is 42.7 Å². The van der Waals surface area contributed by atoms with E-state index in [1.807, 2.05) is 6.07 Å². The molecule has 110 valence electrons. The van der Waals surface area contributed by atoms with Crippen LogP contribution in [0.1, 0.15) is 15.9 Å². The molecule has 2 aromatic heterocycles. The zero-order chi connectivity index (χ0) is 15.5. The second-order valence-electron chi connectivity index (χ2n) is 4.83. The van der Waals surface area contributed by atoms with Crippen LogP contribution in [0.5, 0.6) is 0 Å². The van der Waals surface area contributed by atoms with Crippen LogP contribution in [0, 0.1) is 0 Å². The number of nitrogen functional groups attached to an aromatic ring is 1. The van der Waals surface area contributed by atoms with Crippen molar-refractivity contribution < 1.29 is 4.79 Å². The Morgan fingerprint density at radius 1 is 1.23 bits per heavy atom. The van der Waals surface area contributed by atoms with E-state index in [9.17, 15) is 9.59 Å². The number of nitrogens with two attached hydrogens (primary N) is 1. The first-order chi connectivity index (χ1) is 10.7. The number of H-pyrrole nitrogens is 1. The average molecular weight is 294 g/mol. The molecule has 3 aromatic rings. The Balaban J connectivity index is 1.92. The number of nitrogens with one attached hydrogen (secondary N) is 2. The maximum absolute atomic E-state index is 12.3. The normalized spacial score (nSPS) is 10.5. The highest BCUT2D eigenvalue weighted by atomic mass is 16.2. The van der Waals surface area contributed by atoms with Gasteiger partial charge >= 0.3 is 0 Å². The Hall–Kier alpha value is -3.15. The minimum atomic E-state index is -0.506. The number of amides is 1. The zero-order valence-electron chi connectivity index (χ0n) is 11.7. The second kappa shape index (κ2) is 5.69. The standard InChI is InChI=1S/C16H14N4O2/c17-14-11-5-1-2-6-12(11)20-16(22)13(14)15(21)19-9-10-4-3-7-18-8-10/h1-8H,9H2,(H,19,21)(H3,17,20,22). The Bertz CT molecular complexity index is 888. The molecule has 0 saturated heterocycles. The van der Waals surface area contributed by atoms with Crippen molar-refractivity contribution in [2.75, 3.05) is 5.73 Å². The molecule has 4 N–H and O–H groups in total. The fraction of sp³-hybridized carbons (Fsp3) is 0.0625. The number of rotatable bonds is 3. The summed E-state index contributed by atoms with van der Waals surface area (Å²) in [6.45, 7) is 0.276. The van der Waals surface area contributed by atoms with Gasteiger partial charge in [0.05, 0.1) is 11.2 Å². The van der Waals surface area contributed by atoms with Crippen LogP contribution in [0.2, 0.25) is 0 Å². The van der Waals surface area contributed by atoms with Crippen molar-refractivity contribution in [2.24, 2.45) is 0 Å². The van der Waals surface area contributed by atoms with Gasteiger partial charge < -0.3 is 16.0 Å². The zero-order valence-corrected chi connectivity index (χ0v) is 11.7. The van der Waals surface area contributed by atoms with Gasteiger partial charge in [0.1, 0.15) is 5.56 Å². The van der Waals surface area contributed by atoms with Crippen molar-refractivity contribution in [2.45, 2.75) is 6.54 Å². The molecule has 0 aliphatic heterocycles. The summed E-state index contributed by atoms with van der Waals surface area (Å²) in [6.07, 6.45) is 3.30. The summed E-state index contributed by atoms with van der Waals surface area (Å²) in [5, 5.41) is 3.33. The van der Waals surface area contributed by atoms with Crippen LogP contribution in [0.15, 0.2) is 53.6 Å². The molecule has 0 bridgehead atoms. The molecule has 2 heterocycles. The lowest BCUT2D eigenvalue weighted by molar-refractivity contribution is 0.0950. The third-order valence-corrected chi connectivity index (χ3v) is 3.36. The number of carbonyl (C=O) groups excluding carboxylic acids is 1. The smallest absolute Gasteiger partial charge is 0.263 e. The summed E-state index contributed by atoms with van der Waals surface area (Å²) in [5.74, 6) is -0.506. The van der Waals surface area contributed by atoms with Crippen molar-refractivity contribution in [3.63, 3.8) is 0 Å². The van der Waals surface area contributed by atoms with Gasteiger partial charge in [-0.25, -0.2) is 0 Å². The second-order valence-corrected chi connectivity index (χ2v) is 4.83. The minimum Gasteiger partial charge on any atom is -0.397 e. The highest BCUT2D eigenvalue weighted by Crippen LogP contribution is 2.20. The predicted octanol–water partition coefficient (Wildman–Crippen LogP) is 1.44. The van der Waals surface area contributed by atoms with Gasteiger partial charge in [-0.3, -0.25) is 14.6 Å². The number of pyridine rings is 2. The molecule has 1 amide bonds. The van der Waals surface area contributed by atoms with Crippen LogP contribution in [-0.4, -0.2) is 15.9 Å². The fourth-order valence-electron chi connectivity index (χ4n) is 2.27. The Morgan fingerprint density at radius 2 is 2.05 bits per heavy atom. The van der Waals surface area contributed by atoms with Crippen molar-refractivity contribution >= 4 is 22.5 Å². The molecule has 0 fully saturated rings. The number of fused-ring (bicyclic) bond motifs is 1. The lowest BCUT2D eigenvalue weighted by atomic mass is 10.1. The molecule has 0 saturated carbocycles. The summed E-state index contributed by atoms with van der Waals surface area (Å²) < 4.78 is 0. The van der Waals surface area contributed by atoms with Crippen molar-refractivity contribution in [1.29, 1.82) is 0 Å². The highest BCUT2D eigenvalue weighted by Gasteiger charge is 2.17. The first-order valence-corrected chi connectivity index (χ1v) is 6.74. The van der Waals surface area contributed by atoms with Gasteiger partial charge in [-0.1, -0.05) is 24.3 Å². The molecule has 6 nitrogen and oxygen atoms in total. The number of aromatic amines is 1. The lowest BCUT2D eigenvalue weighted by Crippen LogP contribution is -2.30. The fourth-order valence-corrected chi connectivity index (χ4v) is 2.27. The predicted molar refractivity (Wildman–Crippen MR) is 84.4 cm³/mol. The van der Waals surface area contributed by atoms with E-state index < -0.39 is 11.5 Å². The van der Waals surface area contributed by atoms with Gasteiger partial charge in [-0.05, 0) is 17.7 Å². The molecule has 0 unspecified atom stereocenters. The molecular weight excluding hydrogens is 280 g/mol. The van der Waals surface area contributed by atoms with E-state index in [0.29, 0.717) is 10.9 Å². The number of hydrogen-bond acceptors (Lipinski definition) is 4. The van der Waals surface area contributed by atoms with Crippen LogP contribution >= 0.6 is 0 Å². The largest absolute Gasteiger partial charge is 0.397 e. The van der Waals surface area contributed by atoms with E-state index >= 15 is 0 Å². The number of nitrogens with zero attached hydrogens (tertiary/aromatic N) is 1. The van der Waals surface area contributed by atoms with Gasteiger partial charge in [0.2, 0.25) is 0 Å². The van der Waals surface area contributed by atoms with Crippen LogP contribution < -0.4 is 16.6 Å². The Labute approximate surface area is 126 Å². The molecular formula is C16H14N4O2.